The van der Waals surface area contributed by atoms with Crippen LogP contribution in [0.2, 0.25) is 0 Å². The molecule has 8 heteroatoms. The monoisotopic (exact) mass is 379 g/mol. The molecule has 0 aliphatic carbocycles. The Balaban J connectivity index is 2.81. The average molecular weight is 379 g/mol. The van der Waals surface area contributed by atoms with Crippen molar-refractivity contribution in [2.24, 2.45) is 5.92 Å². The van der Waals surface area contributed by atoms with E-state index in [1.807, 2.05) is 30.3 Å². The van der Waals surface area contributed by atoms with Crippen LogP contribution in [-0.4, -0.2) is 47.2 Å². The van der Waals surface area contributed by atoms with E-state index >= 15 is 0 Å². The van der Waals surface area contributed by atoms with Gasteiger partial charge < -0.3 is 15.7 Å². The van der Waals surface area contributed by atoms with Gasteiger partial charge in [0.15, 0.2) is 0 Å². The van der Waals surface area contributed by atoms with E-state index in [0.717, 1.165) is 5.56 Å². The number of hydrogen-bond acceptors (Lipinski definition) is 5. The topological polar surface area (TPSA) is 128 Å². The van der Waals surface area contributed by atoms with Gasteiger partial charge in [-0.2, -0.15) is 0 Å². The maximum atomic E-state index is 12.7. The van der Waals surface area contributed by atoms with E-state index in [4.69, 9.17) is 5.21 Å². The van der Waals surface area contributed by atoms with Crippen molar-refractivity contribution >= 4 is 17.7 Å². The van der Waals surface area contributed by atoms with Crippen LogP contribution in [0.25, 0.3) is 0 Å². The molecule has 0 aliphatic heterocycles. The van der Waals surface area contributed by atoms with Gasteiger partial charge in [-0.1, -0.05) is 36.8 Å². The molecule has 0 spiro atoms. The highest BCUT2D eigenvalue weighted by molar-refractivity contribution is 5.90. The molecule has 1 unspecified atom stereocenters. The van der Waals surface area contributed by atoms with Gasteiger partial charge in [0, 0.05) is 25.8 Å². The van der Waals surface area contributed by atoms with Gasteiger partial charge in [0.25, 0.3) is 0 Å². The van der Waals surface area contributed by atoms with E-state index in [1.165, 1.54) is 12.5 Å². The lowest BCUT2D eigenvalue weighted by Crippen LogP contribution is -2.49. The number of carbonyl (C=O) groups excluding carboxylic acids is 3. The fourth-order valence-electron chi connectivity index (χ4n) is 2.78. The number of amides is 3. The van der Waals surface area contributed by atoms with Gasteiger partial charge in [0.05, 0.1) is 6.10 Å². The Kier molecular flexibility index (Phi) is 10.1. The zero-order chi connectivity index (χ0) is 20.2. The van der Waals surface area contributed by atoms with Crippen molar-refractivity contribution in [3.05, 3.63) is 35.9 Å². The van der Waals surface area contributed by atoms with E-state index in [0.29, 0.717) is 25.7 Å². The van der Waals surface area contributed by atoms with Crippen molar-refractivity contribution in [3.8, 4) is 0 Å². The summed E-state index contributed by atoms with van der Waals surface area (Å²) in [6.45, 7) is 1.65. The molecule has 8 nitrogen and oxygen atoms in total. The maximum Gasteiger partial charge on any atom is 0.244 e. The summed E-state index contributed by atoms with van der Waals surface area (Å²) in [6.07, 6.45) is 1.01. The van der Waals surface area contributed by atoms with Crippen molar-refractivity contribution in [2.75, 3.05) is 7.05 Å². The Bertz CT molecular complexity index is 607. The second-order valence-electron chi connectivity index (χ2n) is 6.58. The Morgan fingerprint density at radius 3 is 2.30 bits per heavy atom. The molecule has 0 radical (unpaired) electrons. The van der Waals surface area contributed by atoms with Crippen molar-refractivity contribution in [1.29, 1.82) is 0 Å². The molecule has 0 fully saturated rings. The van der Waals surface area contributed by atoms with Crippen molar-refractivity contribution < 1.29 is 24.7 Å². The predicted octanol–water partition coefficient (Wildman–Crippen LogP) is 0.523. The molecule has 0 aromatic heterocycles. The van der Waals surface area contributed by atoms with Crippen molar-refractivity contribution in [3.63, 3.8) is 0 Å². The van der Waals surface area contributed by atoms with Crippen molar-refractivity contribution in [2.45, 2.75) is 51.2 Å². The second-order valence-corrected chi connectivity index (χ2v) is 6.58. The Morgan fingerprint density at radius 1 is 1.07 bits per heavy atom. The van der Waals surface area contributed by atoms with Crippen LogP contribution in [0, 0.1) is 5.92 Å². The molecule has 0 bridgehead atoms. The normalized spacial score (nSPS) is 13.9. The van der Waals surface area contributed by atoms with Crippen LogP contribution in [0.1, 0.15) is 38.2 Å². The first-order valence-electron chi connectivity index (χ1n) is 9.04. The van der Waals surface area contributed by atoms with Crippen LogP contribution in [0.3, 0.4) is 0 Å². The summed E-state index contributed by atoms with van der Waals surface area (Å²) in [5.74, 6) is -2.15. The van der Waals surface area contributed by atoms with E-state index in [2.05, 4.69) is 10.6 Å². The predicted molar refractivity (Wildman–Crippen MR) is 99.7 cm³/mol. The summed E-state index contributed by atoms with van der Waals surface area (Å²) in [5, 5.41) is 23.4. The minimum atomic E-state index is -0.777. The van der Waals surface area contributed by atoms with Gasteiger partial charge in [-0.15, -0.1) is 0 Å². The minimum absolute atomic E-state index is 0.200. The molecular weight excluding hydrogens is 350 g/mol. The largest absolute Gasteiger partial charge is 0.393 e. The van der Waals surface area contributed by atoms with Gasteiger partial charge in [-0.05, 0) is 25.3 Å². The number of aliphatic hydroxyl groups excluding tert-OH is 1. The van der Waals surface area contributed by atoms with Crippen LogP contribution in [0.15, 0.2) is 30.3 Å². The molecular formula is C19H29N3O5. The lowest BCUT2D eigenvalue weighted by molar-refractivity contribution is -0.136. The number of hydroxylamine groups is 1. The Labute approximate surface area is 159 Å². The maximum absolute atomic E-state index is 12.7. The number of hydrogen-bond donors (Lipinski definition) is 5. The molecule has 27 heavy (non-hydrogen) atoms. The molecule has 150 valence electrons. The van der Waals surface area contributed by atoms with E-state index in [1.54, 1.807) is 6.92 Å². The third kappa shape index (κ3) is 8.65. The van der Waals surface area contributed by atoms with Gasteiger partial charge in [0.2, 0.25) is 17.7 Å². The molecule has 1 rings (SSSR count). The first-order chi connectivity index (χ1) is 12.9. The lowest BCUT2D eigenvalue weighted by atomic mass is 9.95. The van der Waals surface area contributed by atoms with Crippen LogP contribution < -0.4 is 16.1 Å². The van der Waals surface area contributed by atoms with E-state index < -0.39 is 29.9 Å². The highest BCUT2D eigenvalue weighted by Gasteiger charge is 2.27. The fraction of sp³-hybridized carbons (Fsp3) is 0.526. The summed E-state index contributed by atoms with van der Waals surface area (Å²) in [4.78, 5) is 36.4. The smallest absolute Gasteiger partial charge is 0.244 e. The number of nitrogens with one attached hydrogen (secondary N) is 3. The summed E-state index contributed by atoms with van der Waals surface area (Å²) < 4.78 is 0. The number of benzene rings is 1. The number of rotatable bonds is 11. The zero-order valence-corrected chi connectivity index (χ0v) is 15.8. The third-order valence-electron chi connectivity index (χ3n) is 4.26. The lowest BCUT2D eigenvalue weighted by Gasteiger charge is -2.22. The van der Waals surface area contributed by atoms with Crippen LogP contribution in [0.4, 0.5) is 0 Å². The zero-order valence-electron chi connectivity index (χ0n) is 15.8. The third-order valence-corrected chi connectivity index (χ3v) is 4.26. The van der Waals surface area contributed by atoms with Gasteiger partial charge in [-0.25, -0.2) is 5.48 Å². The first-order valence-corrected chi connectivity index (χ1v) is 9.04. The molecule has 0 saturated carbocycles. The molecule has 1 aromatic rings. The molecule has 3 amide bonds. The Hall–Kier alpha value is -2.45. The van der Waals surface area contributed by atoms with Gasteiger partial charge in [0.1, 0.15) is 6.04 Å². The van der Waals surface area contributed by atoms with Crippen LogP contribution in [-0.2, 0) is 20.8 Å². The van der Waals surface area contributed by atoms with Crippen molar-refractivity contribution in [1.82, 2.24) is 16.1 Å². The molecule has 0 heterocycles. The Morgan fingerprint density at radius 2 is 1.74 bits per heavy atom. The second kappa shape index (κ2) is 12.0. The van der Waals surface area contributed by atoms with Crippen LogP contribution >= 0.6 is 0 Å². The van der Waals surface area contributed by atoms with Crippen LogP contribution in [0.5, 0.6) is 0 Å². The SMILES string of the molecule is CNC(=O)[C@H](Cc1ccccc1)NC(=O)[C@H](CCCC(C)O)CC(=O)NO. The van der Waals surface area contributed by atoms with Gasteiger partial charge in [-0.3, -0.25) is 19.6 Å². The summed E-state index contributed by atoms with van der Waals surface area (Å²) >= 11 is 0. The summed E-state index contributed by atoms with van der Waals surface area (Å²) in [5.41, 5.74) is 2.42. The first kappa shape index (κ1) is 22.6. The number of aliphatic hydroxyl groups is 1. The molecule has 0 saturated heterocycles. The van der Waals surface area contributed by atoms with E-state index in [-0.39, 0.29) is 12.3 Å². The van der Waals surface area contributed by atoms with E-state index in [9.17, 15) is 19.5 Å². The molecule has 5 N–H and O–H groups in total. The fourth-order valence-corrected chi connectivity index (χ4v) is 2.78. The highest BCUT2D eigenvalue weighted by atomic mass is 16.5. The highest BCUT2D eigenvalue weighted by Crippen LogP contribution is 2.15. The summed E-state index contributed by atoms with van der Waals surface area (Å²) in [6, 6.07) is 8.51. The number of likely N-dealkylation sites (N-methyl/N-ethyl adjacent to an activating group) is 1. The van der Waals surface area contributed by atoms with Gasteiger partial charge >= 0.3 is 0 Å². The molecule has 1 aromatic carbocycles. The standard InChI is InChI=1S/C19H29N3O5/c1-13(23)7-6-10-15(12-17(24)22-27)18(25)21-16(19(26)20-2)11-14-8-4-3-5-9-14/h3-5,8-9,13,15-16,23,27H,6-7,10-12H2,1-2H3,(H,20,26)(H,21,25)(H,22,24)/t13?,15-,16+/m1/s1. The number of carbonyl (C=O) groups is 3. The minimum Gasteiger partial charge on any atom is -0.393 e. The summed E-state index contributed by atoms with van der Waals surface area (Å²) in [7, 11) is 1.49. The average Bonchev–Trinajstić information content (AvgIpc) is 2.66. The molecule has 0 aliphatic rings. The quantitative estimate of drug-likeness (QED) is 0.283. The molecule has 3 atom stereocenters.